The predicted molar refractivity (Wildman–Crippen MR) is 113 cm³/mol. The van der Waals surface area contributed by atoms with Crippen molar-refractivity contribution >= 4 is 5.91 Å². The van der Waals surface area contributed by atoms with Crippen molar-refractivity contribution in [3.63, 3.8) is 0 Å². The molecule has 1 unspecified atom stereocenters. The predicted octanol–water partition coefficient (Wildman–Crippen LogP) is 3.51. The molecule has 4 rings (SSSR count). The van der Waals surface area contributed by atoms with Gasteiger partial charge < -0.3 is 14.4 Å². The smallest absolute Gasteiger partial charge is 0.257 e. The van der Waals surface area contributed by atoms with Crippen LogP contribution in [-0.2, 0) is 11.3 Å². The molecule has 2 aliphatic heterocycles. The summed E-state index contributed by atoms with van der Waals surface area (Å²) in [5.74, 6) is 0.721. The van der Waals surface area contributed by atoms with Crippen LogP contribution >= 0.6 is 0 Å². The van der Waals surface area contributed by atoms with Crippen molar-refractivity contribution in [3.8, 4) is 5.75 Å². The zero-order chi connectivity index (χ0) is 20.1. The van der Waals surface area contributed by atoms with E-state index in [9.17, 15) is 4.79 Å². The highest BCUT2D eigenvalue weighted by Crippen LogP contribution is 2.23. The molecule has 0 bridgehead atoms. The number of rotatable bonds is 6. The van der Waals surface area contributed by atoms with E-state index in [0.29, 0.717) is 17.9 Å². The van der Waals surface area contributed by atoms with Gasteiger partial charge >= 0.3 is 0 Å². The van der Waals surface area contributed by atoms with E-state index in [-0.39, 0.29) is 12.0 Å². The molecule has 2 aromatic carbocycles. The molecule has 154 valence electrons. The number of amides is 1. The number of hydrogen-bond acceptors (Lipinski definition) is 4. The first-order valence-electron chi connectivity index (χ1n) is 10.6. The van der Waals surface area contributed by atoms with Crippen molar-refractivity contribution in [1.82, 2.24) is 9.80 Å². The van der Waals surface area contributed by atoms with Crippen molar-refractivity contribution in [2.75, 3.05) is 39.4 Å². The fourth-order valence-electron chi connectivity index (χ4n) is 4.04. The van der Waals surface area contributed by atoms with Crippen LogP contribution in [0.3, 0.4) is 0 Å². The summed E-state index contributed by atoms with van der Waals surface area (Å²) in [7, 11) is 0. The number of benzene rings is 2. The largest absolute Gasteiger partial charge is 0.490 e. The lowest BCUT2D eigenvalue weighted by atomic mass is 10.1. The molecule has 2 saturated heterocycles. The summed E-state index contributed by atoms with van der Waals surface area (Å²) in [5, 5.41) is 0. The van der Waals surface area contributed by atoms with Gasteiger partial charge in [0.15, 0.2) is 0 Å². The van der Waals surface area contributed by atoms with E-state index in [1.807, 2.05) is 29.2 Å². The minimum atomic E-state index is 0.0588. The average Bonchev–Trinajstić information content (AvgIpc) is 3.28. The maximum absolute atomic E-state index is 13.1. The summed E-state index contributed by atoms with van der Waals surface area (Å²) in [5.41, 5.74) is 3.33. The molecule has 2 aliphatic rings. The van der Waals surface area contributed by atoms with Gasteiger partial charge in [-0.05, 0) is 43.0 Å². The van der Waals surface area contributed by atoms with Crippen molar-refractivity contribution in [1.29, 1.82) is 0 Å². The number of carbonyl (C=O) groups excluding carboxylic acids is 1. The van der Waals surface area contributed by atoms with Gasteiger partial charge in [0.2, 0.25) is 0 Å². The first-order chi connectivity index (χ1) is 14.2. The van der Waals surface area contributed by atoms with Crippen LogP contribution in [0.4, 0.5) is 0 Å². The van der Waals surface area contributed by atoms with Crippen LogP contribution in [0.1, 0.15) is 34.3 Å². The third kappa shape index (κ3) is 4.98. The average molecular weight is 395 g/mol. The van der Waals surface area contributed by atoms with Crippen LogP contribution < -0.4 is 4.74 Å². The number of piperazine rings is 1. The highest BCUT2D eigenvalue weighted by atomic mass is 16.5. The number of para-hydroxylation sites is 1. The third-order valence-electron chi connectivity index (χ3n) is 5.88. The number of ether oxygens (including phenoxy) is 2. The highest BCUT2D eigenvalue weighted by Gasteiger charge is 2.25. The molecule has 1 atom stereocenters. The molecule has 5 nitrogen and oxygen atoms in total. The molecule has 29 heavy (non-hydrogen) atoms. The Morgan fingerprint density at radius 3 is 2.59 bits per heavy atom. The summed E-state index contributed by atoms with van der Waals surface area (Å²) in [6.45, 7) is 7.67. The first kappa shape index (κ1) is 19.9. The SMILES string of the molecule is Cc1ccccc1CN1CCN(C(=O)c2ccccc2OCC2CCCO2)CC1. The summed E-state index contributed by atoms with van der Waals surface area (Å²) in [4.78, 5) is 17.5. The Morgan fingerprint density at radius 1 is 1.07 bits per heavy atom. The normalized spacial score (nSPS) is 20.0. The Morgan fingerprint density at radius 2 is 1.83 bits per heavy atom. The fourth-order valence-corrected chi connectivity index (χ4v) is 4.04. The molecule has 0 N–H and O–H groups in total. The van der Waals surface area contributed by atoms with Crippen LogP contribution in [-0.4, -0.2) is 61.2 Å². The second kappa shape index (κ2) is 9.42. The molecule has 0 spiro atoms. The molecule has 0 radical (unpaired) electrons. The highest BCUT2D eigenvalue weighted by molar-refractivity contribution is 5.97. The van der Waals surface area contributed by atoms with Gasteiger partial charge in [0, 0.05) is 39.3 Å². The van der Waals surface area contributed by atoms with E-state index >= 15 is 0 Å². The molecular formula is C24H30N2O3. The van der Waals surface area contributed by atoms with E-state index in [1.165, 1.54) is 11.1 Å². The van der Waals surface area contributed by atoms with E-state index in [1.54, 1.807) is 0 Å². The summed E-state index contributed by atoms with van der Waals surface area (Å²) in [6, 6.07) is 16.1. The van der Waals surface area contributed by atoms with E-state index < -0.39 is 0 Å². The minimum Gasteiger partial charge on any atom is -0.490 e. The van der Waals surface area contributed by atoms with Gasteiger partial charge in [0.25, 0.3) is 5.91 Å². The molecular weight excluding hydrogens is 364 g/mol. The summed E-state index contributed by atoms with van der Waals surface area (Å²) < 4.78 is 11.6. The van der Waals surface area contributed by atoms with E-state index in [2.05, 4.69) is 36.1 Å². The maximum Gasteiger partial charge on any atom is 0.257 e. The molecule has 2 fully saturated rings. The van der Waals surface area contributed by atoms with Crippen molar-refractivity contribution in [2.24, 2.45) is 0 Å². The standard InChI is InChI=1S/C24H30N2O3/c1-19-7-2-3-8-20(19)17-25-12-14-26(15-13-25)24(27)22-10-4-5-11-23(22)29-18-21-9-6-16-28-21/h2-5,7-8,10-11,21H,6,9,12-18H2,1H3. The van der Waals surface area contributed by atoms with Gasteiger partial charge in [-0.25, -0.2) is 0 Å². The Balaban J connectivity index is 1.34. The van der Waals surface area contributed by atoms with Crippen molar-refractivity contribution < 1.29 is 14.3 Å². The van der Waals surface area contributed by atoms with Gasteiger partial charge in [-0.15, -0.1) is 0 Å². The zero-order valence-corrected chi connectivity index (χ0v) is 17.2. The molecule has 2 aromatic rings. The van der Waals surface area contributed by atoms with Gasteiger partial charge in [-0.2, -0.15) is 0 Å². The van der Waals surface area contributed by atoms with Crippen LogP contribution in [0, 0.1) is 6.92 Å². The van der Waals surface area contributed by atoms with E-state index in [0.717, 1.165) is 52.2 Å². The zero-order valence-electron chi connectivity index (χ0n) is 17.2. The Hall–Kier alpha value is -2.37. The second-order valence-corrected chi connectivity index (χ2v) is 7.94. The van der Waals surface area contributed by atoms with E-state index in [4.69, 9.17) is 9.47 Å². The first-order valence-corrected chi connectivity index (χ1v) is 10.6. The Kier molecular flexibility index (Phi) is 6.47. The van der Waals surface area contributed by atoms with Crippen LogP contribution in [0.25, 0.3) is 0 Å². The topological polar surface area (TPSA) is 42.0 Å². The van der Waals surface area contributed by atoms with Crippen molar-refractivity contribution in [3.05, 3.63) is 65.2 Å². The summed E-state index contributed by atoms with van der Waals surface area (Å²) in [6.07, 6.45) is 2.25. The lowest BCUT2D eigenvalue weighted by molar-refractivity contribution is 0.0593. The monoisotopic (exact) mass is 394 g/mol. The number of aryl methyl sites for hydroxylation is 1. The maximum atomic E-state index is 13.1. The quantitative estimate of drug-likeness (QED) is 0.752. The minimum absolute atomic E-state index is 0.0588. The molecule has 0 aromatic heterocycles. The molecule has 5 heteroatoms. The molecule has 2 heterocycles. The van der Waals surface area contributed by atoms with Crippen LogP contribution in [0.2, 0.25) is 0 Å². The number of nitrogens with zero attached hydrogens (tertiary/aromatic N) is 2. The van der Waals surface area contributed by atoms with Crippen LogP contribution in [0.15, 0.2) is 48.5 Å². The third-order valence-corrected chi connectivity index (χ3v) is 5.88. The van der Waals surface area contributed by atoms with Crippen LogP contribution in [0.5, 0.6) is 5.75 Å². The fraction of sp³-hybridized carbons (Fsp3) is 0.458. The lowest BCUT2D eigenvalue weighted by Crippen LogP contribution is -2.48. The van der Waals surface area contributed by atoms with Gasteiger partial charge in [0.05, 0.1) is 11.7 Å². The second-order valence-electron chi connectivity index (χ2n) is 7.94. The molecule has 0 aliphatic carbocycles. The Labute approximate surface area is 173 Å². The number of carbonyl (C=O) groups is 1. The van der Waals surface area contributed by atoms with Gasteiger partial charge in [-0.3, -0.25) is 9.69 Å². The van der Waals surface area contributed by atoms with Gasteiger partial charge in [0.1, 0.15) is 12.4 Å². The summed E-state index contributed by atoms with van der Waals surface area (Å²) >= 11 is 0. The molecule has 1 amide bonds. The number of hydrogen-bond donors (Lipinski definition) is 0. The lowest BCUT2D eigenvalue weighted by Gasteiger charge is -2.35. The Bertz CT molecular complexity index is 824. The molecule has 0 saturated carbocycles. The van der Waals surface area contributed by atoms with Crippen molar-refractivity contribution in [2.45, 2.75) is 32.4 Å². The van der Waals surface area contributed by atoms with Gasteiger partial charge in [-0.1, -0.05) is 36.4 Å².